The lowest BCUT2D eigenvalue weighted by atomic mass is 10.1. The van der Waals surface area contributed by atoms with Crippen LogP contribution in [-0.4, -0.2) is 23.3 Å². The van der Waals surface area contributed by atoms with Crippen LogP contribution >= 0.6 is 23.2 Å². The van der Waals surface area contributed by atoms with Crippen molar-refractivity contribution in [1.82, 2.24) is 10.2 Å². The first-order chi connectivity index (χ1) is 12.1. The number of hydrogen-bond acceptors (Lipinski definition) is 3. The highest BCUT2D eigenvalue weighted by atomic mass is 35.5. The largest absolute Gasteiger partial charge is 0.496 e. The predicted molar refractivity (Wildman–Crippen MR) is 99.7 cm³/mol. The number of ether oxygens (including phenoxy) is 1. The van der Waals surface area contributed by atoms with Gasteiger partial charge in [0.2, 0.25) is 0 Å². The van der Waals surface area contributed by atoms with Crippen molar-refractivity contribution in [3.63, 3.8) is 0 Å². The van der Waals surface area contributed by atoms with Crippen LogP contribution < -0.4 is 15.4 Å². The molecule has 1 heterocycles. The Bertz CT molecular complexity index is 911. The third kappa shape index (κ3) is 4.04. The summed E-state index contributed by atoms with van der Waals surface area (Å²) in [5, 5.41) is 13.2. The molecular formula is C17H14Cl2N4O2. The van der Waals surface area contributed by atoms with Crippen molar-refractivity contribution < 1.29 is 9.53 Å². The highest BCUT2D eigenvalue weighted by Gasteiger charge is 2.13. The van der Waals surface area contributed by atoms with E-state index in [4.69, 9.17) is 27.9 Å². The molecule has 0 spiro atoms. The number of benzene rings is 2. The van der Waals surface area contributed by atoms with Crippen molar-refractivity contribution >= 4 is 40.6 Å². The van der Waals surface area contributed by atoms with Gasteiger partial charge in [-0.2, -0.15) is 5.10 Å². The van der Waals surface area contributed by atoms with Gasteiger partial charge in [0.05, 0.1) is 24.0 Å². The molecule has 2 aromatic carbocycles. The molecule has 0 unspecified atom stereocenters. The second-order valence-corrected chi connectivity index (χ2v) is 5.94. The van der Waals surface area contributed by atoms with Crippen LogP contribution in [0.4, 0.5) is 16.2 Å². The molecule has 0 saturated heterocycles. The van der Waals surface area contributed by atoms with Crippen molar-refractivity contribution in [1.29, 1.82) is 0 Å². The van der Waals surface area contributed by atoms with E-state index in [-0.39, 0.29) is 0 Å². The number of nitrogens with zero attached hydrogens (tertiary/aromatic N) is 1. The summed E-state index contributed by atoms with van der Waals surface area (Å²) in [7, 11) is 1.56. The van der Waals surface area contributed by atoms with Gasteiger partial charge in [-0.3, -0.25) is 5.10 Å². The Morgan fingerprint density at radius 3 is 2.52 bits per heavy atom. The van der Waals surface area contributed by atoms with Gasteiger partial charge in [0.1, 0.15) is 5.75 Å². The normalized spacial score (nSPS) is 10.4. The van der Waals surface area contributed by atoms with Gasteiger partial charge >= 0.3 is 6.03 Å². The van der Waals surface area contributed by atoms with Gasteiger partial charge < -0.3 is 15.4 Å². The highest BCUT2D eigenvalue weighted by Crippen LogP contribution is 2.35. The van der Waals surface area contributed by atoms with E-state index < -0.39 is 6.03 Å². The number of nitrogens with one attached hydrogen (secondary N) is 3. The molecule has 0 aliphatic rings. The fraction of sp³-hybridized carbons (Fsp3) is 0.0588. The van der Waals surface area contributed by atoms with E-state index in [1.54, 1.807) is 49.6 Å². The molecule has 0 saturated carbocycles. The summed E-state index contributed by atoms with van der Waals surface area (Å²) in [6, 6.07) is 11.7. The zero-order chi connectivity index (χ0) is 17.8. The Hall–Kier alpha value is -2.70. The maximum absolute atomic E-state index is 12.2. The van der Waals surface area contributed by atoms with Crippen LogP contribution in [0, 0.1) is 0 Å². The molecule has 0 aliphatic carbocycles. The Morgan fingerprint density at radius 2 is 1.88 bits per heavy atom. The number of anilines is 2. The number of aromatic nitrogens is 2. The van der Waals surface area contributed by atoms with Crippen molar-refractivity contribution in [3.05, 3.63) is 58.7 Å². The summed E-state index contributed by atoms with van der Waals surface area (Å²) in [5.41, 5.74) is 2.46. The standard InChI is InChI=1S/C17H14Cl2N4O2/c1-25-15-6-5-12(8-13(15)16-14(19)9-20-23-16)22-17(24)21-11-4-2-3-10(18)7-11/h2-9H,1H3,(H,20,23)(H2,21,22,24). The number of hydrogen-bond donors (Lipinski definition) is 3. The van der Waals surface area contributed by atoms with Crippen molar-refractivity contribution in [2.75, 3.05) is 17.7 Å². The Labute approximate surface area is 154 Å². The van der Waals surface area contributed by atoms with Crippen LogP contribution in [0.5, 0.6) is 5.75 Å². The SMILES string of the molecule is COc1ccc(NC(=O)Nc2cccc(Cl)c2)cc1-c1[nH]ncc1Cl. The maximum atomic E-state index is 12.2. The topological polar surface area (TPSA) is 79.0 Å². The van der Waals surface area contributed by atoms with Crippen LogP contribution in [0.15, 0.2) is 48.7 Å². The second-order valence-electron chi connectivity index (χ2n) is 5.10. The molecule has 3 rings (SSSR count). The molecule has 0 fully saturated rings. The number of halogens is 2. The van der Waals surface area contributed by atoms with Gasteiger partial charge in [-0.15, -0.1) is 0 Å². The zero-order valence-corrected chi connectivity index (χ0v) is 14.7. The van der Waals surface area contributed by atoms with Gasteiger partial charge in [0.15, 0.2) is 0 Å². The Kier molecular flexibility index (Phi) is 5.11. The quantitative estimate of drug-likeness (QED) is 0.596. The van der Waals surface area contributed by atoms with Crippen LogP contribution in [-0.2, 0) is 0 Å². The lowest BCUT2D eigenvalue weighted by Gasteiger charge is -2.12. The summed E-state index contributed by atoms with van der Waals surface area (Å²) in [5.74, 6) is 0.604. The monoisotopic (exact) mass is 376 g/mol. The minimum Gasteiger partial charge on any atom is -0.496 e. The van der Waals surface area contributed by atoms with Gasteiger partial charge in [0, 0.05) is 22.0 Å². The van der Waals surface area contributed by atoms with Crippen LogP contribution in [0.1, 0.15) is 0 Å². The number of rotatable bonds is 4. The molecule has 1 aromatic heterocycles. The van der Waals surface area contributed by atoms with E-state index in [0.29, 0.717) is 38.4 Å². The lowest BCUT2D eigenvalue weighted by molar-refractivity contribution is 0.262. The number of urea groups is 1. The first-order valence-electron chi connectivity index (χ1n) is 7.27. The molecule has 0 aliphatic heterocycles. The van der Waals surface area contributed by atoms with Crippen molar-refractivity contribution in [2.24, 2.45) is 0 Å². The van der Waals surface area contributed by atoms with Gasteiger partial charge in [-0.1, -0.05) is 29.3 Å². The Morgan fingerprint density at radius 1 is 1.12 bits per heavy atom. The third-order valence-corrected chi connectivity index (χ3v) is 3.92. The van der Waals surface area contributed by atoms with Crippen LogP contribution in [0.25, 0.3) is 11.3 Å². The molecule has 0 radical (unpaired) electrons. The maximum Gasteiger partial charge on any atom is 0.323 e. The number of amides is 2. The minimum absolute atomic E-state index is 0.394. The summed E-state index contributed by atoms with van der Waals surface area (Å²) in [6.07, 6.45) is 1.50. The molecule has 0 atom stereocenters. The van der Waals surface area contributed by atoms with E-state index in [1.165, 1.54) is 6.20 Å². The summed E-state index contributed by atoms with van der Waals surface area (Å²) in [6.45, 7) is 0. The molecular weight excluding hydrogens is 363 g/mol. The first-order valence-corrected chi connectivity index (χ1v) is 8.03. The molecule has 2 amide bonds. The Balaban J connectivity index is 1.81. The highest BCUT2D eigenvalue weighted by molar-refractivity contribution is 6.33. The van der Waals surface area contributed by atoms with Crippen LogP contribution in [0.3, 0.4) is 0 Å². The first kappa shape index (κ1) is 17.1. The molecule has 25 heavy (non-hydrogen) atoms. The van der Waals surface area contributed by atoms with E-state index in [2.05, 4.69) is 20.8 Å². The lowest BCUT2D eigenvalue weighted by Crippen LogP contribution is -2.19. The predicted octanol–water partition coefficient (Wildman–Crippen LogP) is 5.04. The van der Waals surface area contributed by atoms with Gasteiger partial charge in [-0.05, 0) is 36.4 Å². The fourth-order valence-electron chi connectivity index (χ4n) is 2.30. The average molecular weight is 377 g/mol. The number of methoxy groups -OCH3 is 1. The van der Waals surface area contributed by atoms with E-state index >= 15 is 0 Å². The number of aromatic amines is 1. The van der Waals surface area contributed by atoms with Crippen LogP contribution in [0.2, 0.25) is 10.0 Å². The zero-order valence-electron chi connectivity index (χ0n) is 13.1. The van der Waals surface area contributed by atoms with E-state index in [9.17, 15) is 4.79 Å². The second kappa shape index (κ2) is 7.46. The molecule has 6 nitrogen and oxygen atoms in total. The van der Waals surface area contributed by atoms with Gasteiger partial charge in [0.25, 0.3) is 0 Å². The van der Waals surface area contributed by atoms with Gasteiger partial charge in [-0.25, -0.2) is 4.79 Å². The molecule has 128 valence electrons. The fourth-order valence-corrected chi connectivity index (χ4v) is 2.68. The minimum atomic E-state index is -0.394. The number of carbonyl (C=O) groups is 1. The third-order valence-electron chi connectivity index (χ3n) is 3.40. The number of H-pyrrole nitrogens is 1. The molecule has 0 bridgehead atoms. The molecule has 8 heteroatoms. The van der Waals surface area contributed by atoms with E-state index in [0.717, 1.165) is 0 Å². The molecule has 3 N–H and O–H groups in total. The summed E-state index contributed by atoms with van der Waals surface area (Å²) >= 11 is 12.0. The summed E-state index contributed by atoms with van der Waals surface area (Å²) in [4.78, 5) is 12.2. The number of carbonyl (C=O) groups excluding carboxylic acids is 1. The van der Waals surface area contributed by atoms with E-state index in [1.807, 2.05) is 0 Å². The van der Waals surface area contributed by atoms with Crippen molar-refractivity contribution in [2.45, 2.75) is 0 Å². The average Bonchev–Trinajstić information content (AvgIpc) is 3.00. The van der Waals surface area contributed by atoms with Crippen molar-refractivity contribution in [3.8, 4) is 17.0 Å². The summed E-state index contributed by atoms with van der Waals surface area (Å²) < 4.78 is 5.34. The smallest absolute Gasteiger partial charge is 0.323 e. The molecule has 3 aromatic rings.